The molecule has 2 saturated heterocycles. The highest BCUT2D eigenvalue weighted by Crippen LogP contribution is 2.44. The smallest absolute Gasteiger partial charge is 0.0839 e. The number of thioether (sulfide) groups is 1. The molecule has 3 rings (SSSR count). The van der Waals surface area contributed by atoms with Gasteiger partial charge in [0.2, 0.25) is 0 Å². The van der Waals surface area contributed by atoms with Crippen molar-refractivity contribution in [2.45, 2.75) is 31.0 Å². The van der Waals surface area contributed by atoms with Crippen molar-refractivity contribution < 1.29 is 9.84 Å². The molecule has 2 aliphatic heterocycles. The third kappa shape index (κ3) is 2.80. The Labute approximate surface area is 128 Å². The molecule has 1 spiro atoms. The summed E-state index contributed by atoms with van der Waals surface area (Å²) in [7, 11) is 0. The molecular weight excluding hydrogens is 294 g/mol. The minimum Gasteiger partial charge on any atom is -0.398 e. The summed E-state index contributed by atoms with van der Waals surface area (Å²) >= 11 is 7.87. The lowest BCUT2D eigenvalue weighted by Gasteiger charge is -2.39. The van der Waals surface area contributed by atoms with Crippen molar-refractivity contribution in [3.63, 3.8) is 0 Å². The van der Waals surface area contributed by atoms with Gasteiger partial charge in [0.1, 0.15) is 0 Å². The molecule has 20 heavy (non-hydrogen) atoms. The minimum absolute atomic E-state index is 0.0181. The molecule has 3 unspecified atom stereocenters. The van der Waals surface area contributed by atoms with Crippen molar-refractivity contribution in [2.24, 2.45) is 5.92 Å². The zero-order valence-electron chi connectivity index (χ0n) is 11.3. The summed E-state index contributed by atoms with van der Waals surface area (Å²) in [5.41, 5.74) is 7.34. The fraction of sp³-hybridized carbons (Fsp3) is 0.600. The summed E-state index contributed by atoms with van der Waals surface area (Å²) < 4.78 is 6.01. The molecule has 0 radical (unpaired) electrons. The first-order chi connectivity index (χ1) is 9.60. The number of nitrogens with two attached hydrogens (primary N) is 1. The van der Waals surface area contributed by atoms with Crippen LogP contribution in [0.25, 0.3) is 0 Å². The number of hydrogen-bond acceptors (Lipinski definition) is 4. The van der Waals surface area contributed by atoms with Gasteiger partial charge in [0.15, 0.2) is 0 Å². The number of aliphatic hydroxyl groups is 1. The van der Waals surface area contributed by atoms with Crippen LogP contribution in [0.2, 0.25) is 5.02 Å². The quantitative estimate of drug-likeness (QED) is 0.823. The van der Waals surface area contributed by atoms with Crippen LogP contribution in [-0.2, 0) is 4.74 Å². The summed E-state index contributed by atoms with van der Waals surface area (Å²) in [6, 6.07) is 5.34. The van der Waals surface area contributed by atoms with E-state index < -0.39 is 6.10 Å². The molecule has 0 aromatic heterocycles. The highest BCUT2D eigenvalue weighted by molar-refractivity contribution is 7.99. The highest BCUT2D eigenvalue weighted by Gasteiger charge is 2.42. The van der Waals surface area contributed by atoms with Crippen LogP contribution in [0.1, 0.15) is 30.9 Å². The monoisotopic (exact) mass is 313 g/mol. The number of ether oxygens (including phenoxy) is 1. The number of aliphatic hydroxyl groups excluding tert-OH is 1. The zero-order chi connectivity index (χ0) is 14.2. The molecule has 0 aliphatic carbocycles. The zero-order valence-corrected chi connectivity index (χ0v) is 12.9. The number of rotatable bonds is 2. The summed E-state index contributed by atoms with van der Waals surface area (Å²) in [5.74, 6) is 2.42. The van der Waals surface area contributed by atoms with E-state index in [9.17, 15) is 5.11 Å². The lowest BCUT2D eigenvalue weighted by molar-refractivity contribution is -0.102. The van der Waals surface area contributed by atoms with Gasteiger partial charge in [-0.2, -0.15) is 11.8 Å². The van der Waals surface area contributed by atoms with Gasteiger partial charge in [-0.3, -0.25) is 0 Å². The maximum atomic E-state index is 10.7. The first kappa shape index (κ1) is 14.5. The average Bonchev–Trinajstić information content (AvgIpc) is 2.86. The van der Waals surface area contributed by atoms with Crippen molar-refractivity contribution in [3.8, 4) is 0 Å². The van der Waals surface area contributed by atoms with Gasteiger partial charge in [-0.1, -0.05) is 17.7 Å². The maximum absolute atomic E-state index is 10.7. The van der Waals surface area contributed by atoms with Gasteiger partial charge in [-0.25, -0.2) is 0 Å². The first-order valence-corrected chi connectivity index (χ1v) is 8.58. The van der Waals surface area contributed by atoms with Gasteiger partial charge in [-0.15, -0.1) is 0 Å². The molecule has 0 saturated carbocycles. The van der Waals surface area contributed by atoms with E-state index in [4.69, 9.17) is 22.1 Å². The van der Waals surface area contributed by atoms with E-state index in [0.29, 0.717) is 10.7 Å². The van der Waals surface area contributed by atoms with Crippen LogP contribution in [0, 0.1) is 5.92 Å². The molecule has 0 amide bonds. The van der Waals surface area contributed by atoms with Crippen LogP contribution in [-0.4, -0.2) is 28.8 Å². The number of hydrogen-bond donors (Lipinski definition) is 2. The van der Waals surface area contributed by atoms with Crippen molar-refractivity contribution in [2.75, 3.05) is 23.8 Å². The minimum atomic E-state index is -0.529. The number of benzene rings is 1. The van der Waals surface area contributed by atoms with Gasteiger partial charge in [0, 0.05) is 28.6 Å². The molecule has 5 heteroatoms. The molecule has 0 bridgehead atoms. The normalized spacial score (nSPS) is 31.6. The number of anilines is 1. The standard InChI is InChI=1S/C15H20ClNO2S/c16-11-1-2-12(13(17)7-11)14(18)10-3-5-19-15(8-10)4-6-20-9-15/h1-2,7,10,14,18H,3-6,8-9,17H2. The maximum Gasteiger partial charge on any atom is 0.0839 e. The lowest BCUT2D eigenvalue weighted by atomic mass is 9.80. The van der Waals surface area contributed by atoms with Crippen molar-refractivity contribution in [1.29, 1.82) is 0 Å². The van der Waals surface area contributed by atoms with Crippen LogP contribution in [0.5, 0.6) is 0 Å². The summed E-state index contributed by atoms with van der Waals surface area (Å²) in [6.07, 6.45) is 2.37. The summed E-state index contributed by atoms with van der Waals surface area (Å²) in [4.78, 5) is 0. The van der Waals surface area contributed by atoms with Crippen LogP contribution < -0.4 is 5.73 Å². The van der Waals surface area contributed by atoms with Crippen molar-refractivity contribution in [1.82, 2.24) is 0 Å². The second kappa shape index (κ2) is 5.76. The van der Waals surface area contributed by atoms with Crippen LogP contribution in [0.15, 0.2) is 18.2 Å². The molecule has 2 heterocycles. The van der Waals surface area contributed by atoms with E-state index in [2.05, 4.69) is 0 Å². The molecule has 2 fully saturated rings. The summed E-state index contributed by atoms with van der Waals surface area (Å²) in [6.45, 7) is 0.732. The van der Waals surface area contributed by atoms with Crippen LogP contribution in [0.4, 0.5) is 5.69 Å². The van der Waals surface area contributed by atoms with Gasteiger partial charge in [-0.05, 0) is 43.1 Å². The largest absolute Gasteiger partial charge is 0.398 e. The molecule has 1 aromatic rings. The molecule has 3 atom stereocenters. The molecule has 3 nitrogen and oxygen atoms in total. The summed E-state index contributed by atoms with van der Waals surface area (Å²) in [5, 5.41) is 11.3. The molecule has 110 valence electrons. The molecule has 1 aromatic carbocycles. The molecule has 2 aliphatic rings. The second-order valence-corrected chi connectivity index (χ2v) is 7.35. The topological polar surface area (TPSA) is 55.5 Å². The Bertz CT molecular complexity index is 491. The number of nitrogen functional groups attached to an aromatic ring is 1. The predicted octanol–water partition coefficient (Wildman–Crippen LogP) is 3.26. The van der Waals surface area contributed by atoms with Gasteiger partial charge >= 0.3 is 0 Å². The molecular formula is C15H20ClNO2S. The molecule has 3 N–H and O–H groups in total. The van der Waals surface area contributed by atoms with Gasteiger partial charge < -0.3 is 15.6 Å². The SMILES string of the molecule is Nc1cc(Cl)ccc1C(O)C1CCOC2(CCSC2)C1. The van der Waals surface area contributed by atoms with E-state index in [1.54, 1.807) is 12.1 Å². The van der Waals surface area contributed by atoms with Crippen molar-refractivity contribution in [3.05, 3.63) is 28.8 Å². The number of halogens is 1. The third-order valence-electron chi connectivity index (χ3n) is 4.41. The lowest BCUT2D eigenvalue weighted by Crippen LogP contribution is -2.41. The van der Waals surface area contributed by atoms with E-state index in [1.165, 1.54) is 0 Å². The van der Waals surface area contributed by atoms with E-state index >= 15 is 0 Å². The Morgan fingerprint density at radius 3 is 3.05 bits per heavy atom. The Kier molecular flexibility index (Phi) is 4.18. The van der Waals surface area contributed by atoms with Gasteiger partial charge in [0.25, 0.3) is 0 Å². The fourth-order valence-corrected chi connectivity index (χ4v) is 4.83. The highest BCUT2D eigenvalue weighted by atomic mass is 35.5. The Morgan fingerprint density at radius 1 is 1.50 bits per heavy atom. The van der Waals surface area contributed by atoms with Gasteiger partial charge in [0.05, 0.1) is 11.7 Å². The van der Waals surface area contributed by atoms with Crippen molar-refractivity contribution >= 4 is 29.1 Å². The first-order valence-electron chi connectivity index (χ1n) is 7.04. The second-order valence-electron chi connectivity index (χ2n) is 5.81. The van der Waals surface area contributed by atoms with Crippen LogP contribution >= 0.6 is 23.4 Å². The average molecular weight is 314 g/mol. The predicted molar refractivity (Wildman–Crippen MR) is 84.2 cm³/mol. The van der Waals surface area contributed by atoms with Crippen LogP contribution in [0.3, 0.4) is 0 Å². The Hall–Kier alpha value is -0.420. The third-order valence-corrected chi connectivity index (χ3v) is 5.87. The van der Waals surface area contributed by atoms with E-state index in [-0.39, 0.29) is 11.5 Å². The van der Waals surface area contributed by atoms with E-state index in [1.807, 2.05) is 17.8 Å². The van der Waals surface area contributed by atoms with E-state index in [0.717, 1.165) is 42.9 Å². The Balaban J connectivity index is 1.77. The fourth-order valence-electron chi connectivity index (χ4n) is 3.27. The Morgan fingerprint density at radius 2 is 2.35 bits per heavy atom.